The van der Waals surface area contributed by atoms with E-state index in [1.54, 1.807) is 0 Å². The molecule has 13 heteroatoms. The second kappa shape index (κ2) is 8.93. The van der Waals surface area contributed by atoms with Gasteiger partial charge in [0.15, 0.2) is 11.6 Å². The number of hydrogen-bond donors (Lipinski definition) is 0. The SMILES string of the molecule is O.O=C1c2cccc(S(=O)(=O)[O-])c2C(=O)c2cccc(S(=O)(=O)[O-])c21.[Na+].[Na+]. The Kier molecular flexibility index (Phi) is 8.78. The minimum Gasteiger partial charge on any atom is -0.744 e. The van der Waals surface area contributed by atoms with Gasteiger partial charge < -0.3 is 14.6 Å². The summed E-state index contributed by atoms with van der Waals surface area (Å²) in [6.45, 7) is 0. The Hall–Kier alpha value is -0.440. The molecule has 0 atom stereocenters. The average Bonchev–Trinajstić information content (AvgIpc) is 2.49. The van der Waals surface area contributed by atoms with E-state index in [4.69, 9.17) is 0 Å². The first-order chi connectivity index (χ1) is 11.0. The summed E-state index contributed by atoms with van der Waals surface area (Å²) in [7, 11) is -10.1. The molecule has 1 aliphatic carbocycles. The normalized spacial score (nSPS) is 12.7. The van der Waals surface area contributed by atoms with Gasteiger partial charge in [-0.3, -0.25) is 9.59 Å². The summed E-state index contributed by atoms with van der Waals surface area (Å²) in [6.07, 6.45) is 0. The van der Waals surface area contributed by atoms with Crippen LogP contribution in [0.1, 0.15) is 31.8 Å². The number of carbonyl (C=O) groups excluding carboxylic acids is 2. The molecule has 3 rings (SSSR count). The summed E-state index contributed by atoms with van der Waals surface area (Å²) in [5.41, 5.74) is -2.13. The molecule has 1 aliphatic rings. The molecule has 0 heterocycles. The minimum atomic E-state index is -5.04. The number of rotatable bonds is 2. The first-order valence-corrected chi connectivity index (χ1v) is 9.12. The zero-order chi connectivity index (χ0) is 17.9. The van der Waals surface area contributed by atoms with Crippen molar-refractivity contribution in [3.05, 3.63) is 58.7 Å². The van der Waals surface area contributed by atoms with Gasteiger partial charge in [0.05, 0.1) is 20.9 Å². The van der Waals surface area contributed by atoms with Gasteiger partial charge in [0.1, 0.15) is 20.2 Å². The van der Waals surface area contributed by atoms with Crippen LogP contribution < -0.4 is 59.1 Å². The summed E-state index contributed by atoms with van der Waals surface area (Å²) in [6, 6.07) is 6.09. The van der Waals surface area contributed by atoms with Crippen LogP contribution in [0, 0.1) is 0 Å². The molecule has 0 saturated heterocycles. The summed E-state index contributed by atoms with van der Waals surface area (Å²) in [5.74, 6) is -2.03. The smallest absolute Gasteiger partial charge is 0.744 e. The number of fused-ring (bicyclic) bond motifs is 2. The van der Waals surface area contributed by atoms with Crippen molar-refractivity contribution >= 4 is 31.8 Å². The number of ketones is 2. The van der Waals surface area contributed by atoms with Crippen molar-refractivity contribution < 1.29 is 100 Å². The summed E-state index contributed by atoms with van der Waals surface area (Å²) in [4.78, 5) is 23.3. The first-order valence-electron chi connectivity index (χ1n) is 6.30. The predicted molar refractivity (Wildman–Crippen MR) is 79.3 cm³/mol. The summed E-state index contributed by atoms with van der Waals surface area (Å²) in [5, 5.41) is 0. The third-order valence-electron chi connectivity index (χ3n) is 3.53. The Balaban J connectivity index is 0.00000225. The van der Waals surface area contributed by atoms with Crippen LogP contribution in [0.15, 0.2) is 46.2 Å². The predicted octanol–water partition coefficient (Wildman–Crippen LogP) is -6.55. The molecule has 0 aliphatic heterocycles. The largest absolute Gasteiger partial charge is 1.00 e. The van der Waals surface area contributed by atoms with Gasteiger partial charge in [0, 0.05) is 11.1 Å². The Morgan fingerprint density at radius 3 is 1.19 bits per heavy atom. The van der Waals surface area contributed by atoms with Crippen molar-refractivity contribution in [3.8, 4) is 0 Å². The van der Waals surface area contributed by atoms with Gasteiger partial charge in [-0.05, 0) is 12.1 Å². The third-order valence-corrected chi connectivity index (χ3v) is 5.29. The average molecular weight is 430 g/mol. The summed E-state index contributed by atoms with van der Waals surface area (Å²) >= 11 is 0. The maximum atomic E-state index is 12.5. The van der Waals surface area contributed by atoms with E-state index in [2.05, 4.69) is 0 Å². The molecule has 27 heavy (non-hydrogen) atoms. The molecule has 0 unspecified atom stereocenters. The maximum absolute atomic E-state index is 12.5. The van der Waals surface area contributed by atoms with Crippen molar-refractivity contribution in [2.45, 2.75) is 9.79 Å². The van der Waals surface area contributed by atoms with Crippen LogP contribution in [0.5, 0.6) is 0 Å². The van der Waals surface area contributed by atoms with Crippen molar-refractivity contribution in [3.63, 3.8) is 0 Å². The molecule has 132 valence electrons. The van der Waals surface area contributed by atoms with E-state index >= 15 is 0 Å². The number of carbonyl (C=O) groups is 2. The zero-order valence-electron chi connectivity index (χ0n) is 14.0. The van der Waals surface area contributed by atoms with Gasteiger partial charge in [-0.25, -0.2) is 16.8 Å². The first kappa shape index (κ1) is 26.6. The molecule has 2 aromatic rings. The van der Waals surface area contributed by atoms with Crippen LogP contribution in [0.3, 0.4) is 0 Å². The second-order valence-corrected chi connectivity index (χ2v) is 7.62. The molecular weight excluding hydrogens is 422 g/mol. The van der Waals surface area contributed by atoms with E-state index < -0.39 is 63.8 Å². The molecule has 0 fully saturated rings. The molecule has 0 radical (unpaired) electrons. The third kappa shape index (κ3) is 4.60. The Labute approximate surface area is 198 Å². The number of benzene rings is 2. The molecule has 0 spiro atoms. The van der Waals surface area contributed by atoms with Crippen LogP contribution in [0.2, 0.25) is 0 Å². The standard InChI is InChI=1S/C14H8O8S2.2Na.H2O/c15-13-7-3-1-5-9(23(17,18)19)11(7)14(16)8-4-2-6-10(12(8)13)24(20,21)22;;;/h1-6H,(H,17,18,19)(H,20,21,22);;;1H2/q;2*+1;/p-2. The van der Waals surface area contributed by atoms with Gasteiger partial charge >= 0.3 is 59.1 Å². The van der Waals surface area contributed by atoms with Crippen molar-refractivity contribution in [2.24, 2.45) is 0 Å². The van der Waals surface area contributed by atoms with E-state index in [9.17, 15) is 35.5 Å². The maximum Gasteiger partial charge on any atom is 1.00 e. The fourth-order valence-electron chi connectivity index (χ4n) is 2.60. The molecule has 2 N–H and O–H groups in total. The van der Waals surface area contributed by atoms with E-state index in [0.29, 0.717) is 0 Å². The Morgan fingerprint density at radius 1 is 0.630 bits per heavy atom. The topological polar surface area (TPSA) is 180 Å². The van der Waals surface area contributed by atoms with Crippen molar-refractivity contribution in [1.29, 1.82) is 0 Å². The Bertz CT molecular complexity index is 1050. The quantitative estimate of drug-likeness (QED) is 0.284. The van der Waals surface area contributed by atoms with Crippen molar-refractivity contribution in [1.82, 2.24) is 0 Å². The van der Waals surface area contributed by atoms with Crippen LogP contribution in [-0.2, 0) is 20.2 Å². The fraction of sp³-hybridized carbons (Fsp3) is 0. The second-order valence-electron chi connectivity index (χ2n) is 4.92. The van der Waals surface area contributed by atoms with Crippen LogP contribution >= 0.6 is 0 Å². The van der Waals surface area contributed by atoms with Gasteiger partial charge in [-0.2, -0.15) is 0 Å². The minimum absolute atomic E-state index is 0. The molecule has 0 saturated carbocycles. The Morgan fingerprint density at radius 2 is 0.926 bits per heavy atom. The fourth-order valence-corrected chi connectivity index (χ4v) is 3.99. The van der Waals surface area contributed by atoms with Crippen molar-refractivity contribution in [2.75, 3.05) is 0 Å². The van der Waals surface area contributed by atoms with Gasteiger partial charge in [0.25, 0.3) is 0 Å². The van der Waals surface area contributed by atoms with E-state index in [-0.39, 0.29) is 64.6 Å². The molecule has 0 bridgehead atoms. The van der Waals surface area contributed by atoms with E-state index in [1.807, 2.05) is 0 Å². The molecular formula is C14H8Na2O9S2. The monoisotopic (exact) mass is 430 g/mol. The van der Waals surface area contributed by atoms with Gasteiger partial charge in [0.2, 0.25) is 0 Å². The molecule has 2 aromatic carbocycles. The van der Waals surface area contributed by atoms with Crippen LogP contribution in [-0.4, -0.2) is 43.0 Å². The zero-order valence-corrected chi connectivity index (χ0v) is 19.7. The van der Waals surface area contributed by atoms with E-state index in [1.165, 1.54) is 0 Å². The van der Waals surface area contributed by atoms with Crippen LogP contribution in [0.4, 0.5) is 0 Å². The number of hydrogen-bond acceptors (Lipinski definition) is 8. The van der Waals surface area contributed by atoms with E-state index in [0.717, 1.165) is 36.4 Å². The van der Waals surface area contributed by atoms with Gasteiger partial charge in [-0.15, -0.1) is 0 Å². The van der Waals surface area contributed by atoms with Gasteiger partial charge in [-0.1, -0.05) is 24.3 Å². The molecule has 0 aromatic heterocycles. The molecule has 9 nitrogen and oxygen atoms in total. The van der Waals surface area contributed by atoms with Crippen LogP contribution in [0.25, 0.3) is 0 Å². The molecule has 0 amide bonds. The summed E-state index contributed by atoms with van der Waals surface area (Å²) < 4.78 is 68.0.